The number of nitrogens with two attached hydrogens (primary N) is 1. The van der Waals surface area contributed by atoms with Crippen LogP contribution in [-0.4, -0.2) is 130 Å². The zero-order chi connectivity index (χ0) is 52.8. The summed E-state index contributed by atoms with van der Waals surface area (Å²) in [7, 11) is 0. The molecule has 3 aliphatic heterocycles. The van der Waals surface area contributed by atoms with Gasteiger partial charge in [0.25, 0.3) is 5.91 Å². The van der Waals surface area contributed by atoms with Gasteiger partial charge in [-0.1, -0.05) is 69.3 Å². The molecule has 6 N–H and O–H groups in total. The molecule has 74 heavy (non-hydrogen) atoms. The van der Waals surface area contributed by atoms with Gasteiger partial charge in [0.1, 0.15) is 28.7 Å². The number of hydrogen-bond acceptors (Lipinski definition) is 14. The Labute approximate surface area is 447 Å². The monoisotopic (exact) mass is 1070 g/mol. The third-order valence-electron chi connectivity index (χ3n) is 15.0. The summed E-state index contributed by atoms with van der Waals surface area (Å²) in [5, 5.41) is 20.5. The van der Waals surface area contributed by atoms with E-state index in [9.17, 15) is 28.7 Å². The molecule has 16 nitrogen and oxygen atoms in total. The predicted octanol–water partition coefficient (Wildman–Crippen LogP) is 7.79. The lowest BCUT2D eigenvalue weighted by Gasteiger charge is -2.39. The van der Waals surface area contributed by atoms with E-state index in [4.69, 9.17) is 22.1 Å². The van der Waals surface area contributed by atoms with Crippen molar-refractivity contribution in [3.63, 3.8) is 0 Å². The summed E-state index contributed by atoms with van der Waals surface area (Å²) in [5.74, 6) is -0.111. The van der Waals surface area contributed by atoms with Crippen molar-refractivity contribution in [1.82, 2.24) is 35.4 Å². The molecule has 0 bridgehead atoms. The summed E-state index contributed by atoms with van der Waals surface area (Å²) in [6.07, 6.45) is 8.92. The highest BCUT2D eigenvalue weighted by atomic mass is 35.5. The fourth-order valence-electron chi connectivity index (χ4n) is 9.87. The first-order valence-corrected chi connectivity index (χ1v) is 28.1. The summed E-state index contributed by atoms with van der Waals surface area (Å²) < 4.78 is 21.1. The number of aliphatic hydroxyl groups is 1. The average molecular weight is 1080 g/mol. The first kappa shape index (κ1) is 55.3. The van der Waals surface area contributed by atoms with E-state index >= 15 is 0 Å². The Morgan fingerprint density at radius 3 is 2.45 bits per heavy atom. The number of thiazole rings is 1. The van der Waals surface area contributed by atoms with Crippen LogP contribution in [0.4, 0.5) is 15.9 Å². The first-order valence-electron chi connectivity index (χ1n) is 26.0. The molecule has 400 valence electrons. The largest absolute Gasteiger partial charge is 0.493 e. The van der Waals surface area contributed by atoms with Gasteiger partial charge in [-0.15, -0.1) is 11.3 Å². The number of anilines is 2. The average Bonchev–Trinajstić information content (AvgIpc) is 3.79. The number of amides is 4. The second-order valence-electron chi connectivity index (χ2n) is 22.0. The molecule has 4 aromatic rings. The zero-order valence-electron chi connectivity index (χ0n) is 43.3. The molecule has 0 spiro atoms. The lowest BCUT2D eigenvalue weighted by Crippen LogP contribution is -2.59. The van der Waals surface area contributed by atoms with E-state index in [0.717, 1.165) is 109 Å². The number of aromatic nitrogens is 3. The highest BCUT2D eigenvalue weighted by Crippen LogP contribution is 2.41. The van der Waals surface area contributed by atoms with Gasteiger partial charge in [-0.3, -0.25) is 19.2 Å². The zero-order valence-corrected chi connectivity index (χ0v) is 45.7. The third-order valence-corrected chi connectivity index (χ3v) is 17.5. The number of rotatable bonds is 20. The highest BCUT2D eigenvalue weighted by Gasteiger charge is 2.53. The van der Waals surface area contributed by atoms with Crippen LogP contribution in [0, 0.1) is 23.7 Å². The van der Waals surface area contributed by atoms with Crippen molar-refractivity contribution in [2.75, 3.05) is 62.6 Å². The molecular formula is C54H72ClFN10O6S2. The minimum absolute atomic E-state index is 0.0309. The Bertz CT molecular complexity index is 2620. The van der Waals surface area contributed by atoms with Gasteiger partial charge in [-0.2, -0.15) is 0 Å². The van der Waals surface area contributed by atoms with Gasteiger partial charge in [0.2, 0.25) is 17.7 Å². The van der Waals surface area contributed by atoms with Crippen molar-refractivity contribution in [3.8, 4) is 16.2 Å². The van der Waals surface area contributed by atoms with E-state index in [-0.39, 0.29) is 49.6 Å². The molecule has 4 fully saturated rings. The van der Waals surface area contributed by atoms with Crippen LogP contribution < -0.4 is 31.3 Å². The minimum atomic E-state index is -1.97. The number of piperidine rings is 2. The quantitative estimate of drug-likeness (QED) is 0.0537. The lowest BCUT2D eigenvalue weighted by atomic mass is 9.80. The molecule has 20 heteroatoms. The Kier molecular flexibility index (Phi) is 17.9. The maximum absolute atomic E-state index is 14.7. The van der Waals surface area contributed by atoms with Crippen LogP contribution in [0.5, 0.6) is 5.75 Å². The topological polar surface area (TPSA) is 208 Å². The third kappa shape index (κ3) is 13.9. The number of nitrogens with one attached hydrogen (secondary N) is 3. The number of hydrogen-bond donors (Lipinski definition) is 5. The number of likely N-dealkylation sites (tertiary alicyclic amines) is 2. The van der Waals surface area contributed by atoms with E-state index in [2.05, 4.69) is 47.6 Å². The molecule has 3 atom stereocenters. The molecule has 2 aromatic heterocycles. The van der Waals surface area contributed by atoms with E-state index in [1.54, 1.807) is 32.5 Å². The van der Waals surface area contributed by atoms with Gasteiger partial charge in [-0.25, -0.2) is 19.3 Å². The number of halogens is 2. The number of alkyl halides is 1. The van der Waals surface area contributed by atoms with Crippen LogP contribution in [0.1, 0.15) is 103 Å². The van der Waals surface area contributed by atoms with E-state index < -0.39 is 47.0 Å². The van der Waals surface area contributed by atoms with Crippen LogP contribution >= 0.6 is 34.7 Å². The molecule has 2 unspecified atom stereocenters. The SMILES string of the molecule is Cc1ncsc1-c1ccc(CNC(=O)C2CC(O)CN2C(=O)[C@@H](NC(=O)C2(F)CC2)C(C)(C)C)c(OCCCCN2CCC(CC(=O)Nc3cccc(Sc4cnc(N5CCC(C)(CN)CC5)cn4)c3Cl)CC2)c1. The number of carbonyl (C=O) groups is 4. The number of aryl methyl sites for hydroxylation is 1. The van der Waals surface area contributed by atoms with Gasteiger partial charge in [0.05, 0.1) is 51.9 Å². The van der Waals surface area contributed by atoms with Crippen molar-refractivity contribution in [2.45, 2.75) is 139 Å². The van der Waals surface area contributed by atoms with Crippen LogP contribution in [0.3, 0.4) is 0 Å². The number of benzene rings is 2. The Morgan fingerprint density at radius 2 is 1.78 bits per heavy atom. The Morgan fingerprint density at radius 1 is 1.03 bits per heavy atom. The number of ether oxygens (including phenoxy) is 1. The molecule has 5 heterocycles. The standard InChI is InChI=1S/C54H72ClFN10O6S2/c1-34-47(73-33-61-34)36-11-12-37(28-60-49(69)40-27-38(67)31-66(40)50(70)48(52(2,3)4)63-51(71)54(56)15-16-54)41(26-36)72-24-7-6-19-64-20-13-35(14-21-64)25-44(68)62-39-9-8-10-42(46(39)55)74-45-30-58-43(29-59-45)65-22-17-53(5,32-57)18-23-65/h8-12,26,29-30,33,35,38,40,48,67H,6-7,13-25,27-28,31-32,57H2,1-5H3,(H,60,69)(H,62,68)(H,63,71)/t38?,40?,48-/m1/s1. The van der Waals surface area contributed by atoms with E-state index in [1.165, 1.54) is 28.0 Å². The lowest BCUT2D eigenvalue weighted by molar-refractivity contribution is -0.145. The van der Waals surface area contributed by atoms with E-state index in [0.29, 0.717) is 36.0 Å². The molecule has 4 aliphatic rings. The second-order valence-corrected chi connectivity index (χ2v) is 24.3. The maximum atomic E-state index is 14.7. The summed E-state index contributed by atoms with van der Waals surface area (Å²) >= 11 is 9.80. The smallest absolute Gasteiger partial charge is 0.258 e. The molecular weight excluding hydrogens is 1000 g/mol. The normalized spacial score (nSPS) is 20.2. The second kappa shape index (κ2) is 24.0. The predicted molar refractivity (Wildman–Crippen MR) is 288 cm³/mol. The Balaban J connectivity index is 0.783. The van der Waals surface area contributed by atoms with Crippen molar-refractivity contribution in [2.24, 2.45) is 22.5 Å². The van der Waals surface area contributed by atoms with Gasteiger partial charge in [-0.05, 0) is 125 Å². The van der Waals surface area contributed by atoms with Gasteiger partial charge in [0, 0.05) is 49.5 Å². The number of unbranched alkanes of at least 4 members (excludes halogenated alkanes) is 1. The van der Waals surface area contributed by atoms with Gasteiger partial charge >= 0.3 is 0 Å². The number of β-amino-alcohol motifs (C(OH)–C–C–N with tert-alkyl or cyclic N) is 1. The molecule has 1 aliphatic carbocycles. The molecule has 3 saturated heterocycles. The maximum Gasteiger partial charge on any atom is 0.258 e. The first-order chi connectivity index (χ1) is 35.3. The summed E-state index contributed by atoms with van der Waals surface area (Å²) in [6, 6.07) is 9.42. The summed E-state index contributed by atoms with van der Waals surface area (Å²) in [5.41, 5.74) is 8.41. The molecule has 1 saturated carbocycles. The molecule has 4 amide bonds. The van der Waals surface area contributed by atoms with E-state index in [1.807, 2.05) is 49.5 Å². The van der Waals surface area contributed by atoms with Gasteiger partial charge in [0.15, 0.2) is 5.67 Å². The van der Waals surface area contributed by atoms with Crippen molar-refractivity contribution >= 4 is 69.8 Å². The van der Waals surface area contributed by atoms with Crippen LogP contribution in [0.25, 0.3) is 10.4 Å². The molecule has 2 aromatic carbocycles. The van der Waals surface area contributed by atoms with Crippen LogP contribution in [-0.2, 0) is 25.7 Å². The molecule has 0 radical (unpaired) electrons. The number of aliphatic hydroxyl groups excluding tert-OH is 1. The van der Waals surface area contributed by atoms with Gasteiger partial charge < -0.3 is 46.2 Å². The van der Waals surface area contributed by atoms with Crippen molar-refractivity contribution in [3.05, 3.63) is 70.6 Å². The number of nitrogens with zero attached hydrogens (tertiary/aromatic N) is 6. The van der Waals surface area contributed by atoms with Crippen LogP contribution in [0.2, 0.25) is 5.02 Å². The highest BCUT2D eigenvalue weighted by molar-refractivity contribution is 7.99. The fourth-order valence-corrected chi connectivity index (χ4v) is 11.7. The minimum Gasteiger partial charge on any atom is -0.493 e. The summed E-state index contributed by atoms with van der Waals surface area (Å²) in [6.45, 7) is 15.2. The van der Waals surface area contributed by atoms with Crippen LogP contribution in [0.15, 0.2) is 64.2 Å². The van der Waals surface area contributed by atoms with Crippen molar-refractivity contribution < 1.29 is 33.4 Å². The molecule has 8 rings (SSSR count). The fraction of sp³-hybridized carbons (Fsp3) is 0.574. The van der Waals surface area contributed by atoms with Crippen molar-refractivity contribution in [1.29, 1.82) is 0 Å². The Hall–Kier alpha value is -4.92. The number of carbonyl (C=O) groups excluding carboxylic acids is 4. The summed E-state index contributed by atoms with van der Waals surface area (Å²) in [4.78, 5) is 75.4.